The second-order valence-electron chi connectivity index (χ2n) is 6.49. The molecule has 0 saturated carbocycles. The molecule has 132 valence electrons. The maximum absolute atomic E-state index is 4.69. The van der Waals surface area contributed by atoms with E-state index >= 15 is 0 Å². The lowest BCUT2D eigenvalue weighted by molar-refractivity contribution is 1.11. The third-order valence-electron chi connectivity index (χ3n) is 4.85. The van der Waals surface area contributed by atoms with Crippen molar-refractivity contribution in [1.82, 2.24) is 24.5 Å². The first-order valence-corrected chi connectivity index (χ1v) is 9.72. The first kappa shape index (κ1) is 15.4. The fraction of sp³-hybridized carbons (Fsp3) is 0. The number of pyridine rings is 3. The molecular weight excluding hydrogens is 366 g/mol. The van der Waals surface area contributed by atoms with Crippen LogP contribution >= 0.6 is 11.3 Å². The summed E-state index contributed by atoms with van der Waals surface area (Å²) in [5.41, 5.74) is 4.85. The molecule has 0 aliphatic carbocycles. The molecule has 6 aromatic rings. The molecule has 5 nitrogen and oxygen atoms in total. The number of fused-ring (bicyclic) bond motifs is 4. The molecule has 0 fully saturated rings. The smallest absolute Gasteiger partial charge is 0.145 e. The van der Waals surface area contributed by atoms with Crippen LogP contribution in [-0.2, 0) is 0 Å². The molecular formula is C22H13N5S. The molecule has 5 heterocycles. The number of aromatic nitrogens is 5. The lowest BCUT2D eigenvalue weighted by Gasteiger charge is -2.07. The van der Waals surface area contributed by atoms with E-state index in [2.05, 4.69) is 55.9 Å². The number of para-hydroxylation sites is 1. The summed E-state index contributed by atoms with van der Waals surface area (Å²) in [4.78, 5) is 18.2. The maximum Gasteiger partial charge on any atom is 0.145 e. The Bertz CT molecular complexity index is 1380. The van der Waals surface area contributed by atoms with Crippen molar-refractivity contribution < 1.29 is 0 Å². The lowest BCUT2D eigenvalue weighted by Crippen LogP contribution is -1.96. The fourth-order valence-corrected chi connectivity index (χ4v) is 4.50. The Morgan fingerprint density at radius 2 is 1.71 bits per heavy atom. The molecule has 0 spiro atoms. The monoisotopic (exact) mass is 379 g/mol. The Hall–Kier alpha value is -3.64. The lowest BCUT2D eigenvalue weighted by atomic mass is 10.2. The second-order valence-corrected chi connectivity index (χ2v) is 7.52. The zero-order valence-electron chi connectivity index (χ0n) is 14.6. The Kier molecular flexibility index (Phi) is 3.27. The average Bonchev–Trinajstić information content (AvgIpc) is 3.33. The van der Waals surface area contributed by atoms with Gasteiger partial charge in [-0.15, -0.1) is 11.3 Å². The van der Waals surface area contributed by atoms with E-state index in [4.69, 9.17) is 4.98 Å². The fourth-order valence-electron chi connectivity index (χ4n) is 3.59. The van der Waals surface area contributed by atoms with E-state index in [-0.39, 0.29) is 0 Å². The van der Waals surface area contributed by atoms with Gasteiger partial charge in [0.05, 0.1) is 33.3 Å². The predicted molar refractivity (Wildman–Crippen MR) is 113 cm³/mol. The van der Waals surface area contributed by atoms with E-state index in [1.807, 2.05) is 36.8 Å². The summed E-state index contributed by atoms with van der Waals surface area (Å²) >= 11 is 1.60. The molecule has 0 aliphatic heterocycles. The largest absolute Gasteiger partial charge is 0.292 e. The topological polar surface area (TPSA) is 56.5 Å². The SMILES string of the molecule is c1ccc2c(c1)c1cccnc1n2-c1ccc(-c2nc3ccncc3s2)nc1. The highest BCUT2D eigenvalue weighted by Crippen LogP contribution is 2.32. The van der Waals surface area contributed by atoms with Crippen molar-refractivity contribution in [1.29, 1.82) is 0 Å². The van der Waals surface area contributed by atoms with E-state index < -0.39 is 0 Å². The summed E-state index contributed by atoms with van der Waals surface area (Å²) < 4.78 is 3.22. The van der Waals surface area contributed by atoms with E-state index in [1.165, 1.54) is 5.39 Å². The van der Waals surface area contributed by atoms with Crippen LogP contribution in [0.3, 0.4) is 0 Å². The number of rotatable bonds is 2. The molecule has 1 aromatic carbocycles. The first-order valence-electron chi connectivity index (χ1n) is 8.90. The Labute approximate surface area is 164 Å². The number of benzene rings is 1. The van der Waals surface area contributed by atoms with Gasteiger partial charge in [0.15, 0.2) is 0 Å². The standard InChI is InChI=1S/C22H13N5S/c1-2-6-19-15(4-1)16-5-3-10-24-21(16)27(19)14-7-8-18(25-12-14)22-26-17-9-11-23-13-20(17)28-22/h1-13H. The minimum Gasteiger partial charge on any atom is -0.292 e. The number of nitrogens with zero attached hydrogens (tertiary/aromatic N) is 5. The second kappa shape index (κ2) is 5.94. The van der Waals surface area contributed by atoms with Gasteiger partial charge in [-0.25, -0.2) is 9.97 Å². The van der Waals surface area contributed by atoms with Gasteiger partial charge in [-0.3, -0.25) is 14.5 Å². The zero-order valence-corrected chi connectivity index (χ0v) is 15.5. The van der Waals surface area contributed by atoms with Gasteiger partial charge in [0, 0.05) is 29.4 Å². The van der Waals surface area contributed by atoms with Crippen LogP contribution in [0.15, 0.2) is 79.4 Å². The van der Waals surface area contributed by atoms with Crippen molar-refractivity contribution in [2.24, 2.45) is 0 Å². The minimum absolute atomic E-state index is 0.860. The normalized spacial score (nSPS) is 11.6. The van der Waals surface area contributed by atoms with Gasteiger partial charge in [0.1, 0.15) is 10.7 Å². The molecule has 0 bridgehead atoms. The molecule has 5 aromatic heterocycles. The van der Waals surface area contributed by atoms with Crippen molar-refractivity contribution in [3.05, 3.63) is 79.4 Å². The van der Waals surface area contributed by atoms with Crippen LogP contribution in [0.4, 0.5) is 0 Å². The van der Waals surface area contributed by atoms with Gasteiger partial charge >= 0.3 is 0 Å². The highest BCUT2D eigenvalue weighted by atomic mass is 32.1. The summed E-state index contributed by atoms with van der Waals surface area (Å²) in [5, 5.41) is 3.23. The summed E-state index contributed by atoms with van der Waals surface area (Å²) in [5.74, 6) is 0. The molecule has 0 saturated heterocycles. The van der Waals surface area contributed by atoms with Gasteiger partial charge in [0.2, 0.25) is 0 Å². The van der Waals surface area contributed by atoms with Crippen LogP contribution in [0, 0.1) is 0 Å². The van der Waals surface area contributed by atoms with Crippen LogP contribution in [0.1, 0.15) is 0 Å². The van der Waals surface area contributed by atoms with Crippen LogP contribution < -0.4 is 0 Å². The van der Waals surface area contributed by atoms with Crippen LogP contribution in [0.5, 0.6) is 0 Å². The van der Waals surface area contributed by atoms with Gasteiger partial charge in [-0.2, -0.15) is 0 Å². The van der Waals surface area contributed by atoms with E-state index in [0.29, 0.717) is 0 Å². The Balaban J connectivity index is 1.52. The van der Waals surface area contributed by atoms with Crippen molar-refractivity contribution in [3.8, 4) is 16.4 Å². The molecule has 6 heteroatoms. The molecule has 0 aliphatic rings. The first-order chi connectivity index (χ1) is 13.9. The van der Waals surface area contributed by atoms with Crippen LogP contribution in [-0.4, -0.2) is 24.5 Å². The summed E-state index contributed by atoms with van der Waals surface area (Å²) in [7, 11) is 0. The highest BCUT2D eigenvalue weighted by molar-refractivity contribution is 7.21. The van der Waals surface area contributed by atoms with E-state index in [9.17, 15) is 0 Å². The van der Waals surface area contributed by atoms with Crippen molar-refractivity contribution in [3.63, 3.8) is 0 Å². The van der Waals surface area contributed by atoms with Gasteiger partial charge in [0.25, 0.3) is 0 Å². The third kappa shape index (κ3) is 2.25. The van der Waals surface area contributed by atoms with Gasteiger partial charge in [-0.1, -0.05) is 18.2 Å². The predicted octanol–water partition coefficient (Wildman–Crippen LogP) is 5.25. The van der Waals surface area contributed by atoms with E-state index in [1.54, 1.807) is 17.5 Å². The van der Waals surface area contributed by atoms with Crippen molar-refractivity contribution in [2.45, 2.75) is 0 Å². The zero-order chi connectivity index (χ0) is 18.5. The van der Waals surface area contributed by atoms with Gasteiger partial charge < -0.3 is 0 Å². The Morgan fingerprint density at radius 3 is 2.61 bits per heavy atom. The molecule has 0 atom stereocenters. The number of thiazole rings is 1. The summed E-state index contributed by atoms with van der Waals surface area (Å²) in [6, 6.07) is 18.5. The quantitative estimate of drug-likeness (QED) is 0.412. The highest BCUT2D eigenvalue weighted by Gasteiger charge is 2.13. The molecule has 0 radical (unpaired) electrons. The van der Waals surface area contributed by atoms with E-state index in [0.717, 1.165) is 43.2 Å². The summed E-state index contributed by atoms with van der Waals surface area (Å²) in [6.45, 7) is 0. The number of hydrogen-bond acceptors (Lipinski definition) is 5. The van der Waals surface area contributed by atoms with Crippen LogP contribution in [0.25, 0.3) is 48.5 Å². The average molecular weight is 379 g/mol. The van der Waals surface area contributed by atoms with Crippen LogP contribution in [0.2, 0.25) is 0 Å². The van der Waals surface area contributed by atoms with Crippen molar-refractivity contribution in [2.75, 3.05) is 0 Å². The molecule has 6 rings (SSSR count). The molecule has 28 heavy (non-hydrogen) atoms. The molecule has 0 unspecified atom stereocenters. The summed E-state index contributed by atoms with van der Waals surface area (Å²) in [6.07, 6.45) is 7.32. The van der Waals surface area contributed by atoms with Crippen molar-refractivity contribution >= 4 is 43.5 Å². The molecule has 0 N–H and O–H groups in total. The maximum atomic E-state index is 4.69. The minimum atomic E-state index is 0.860. The Morgan fingerprint density at radius 1 is 0.786 bits per heavy atom. The third-order valence-corrected chi connectivity index (χ3v) is 5.88. The van der Waals surface area contributed by atoms with Gasteiger partial charge in [-0.05, 0) is 36.4 Å². The number of hydrogen-bond donors (Lipinski definition) is 0. The molecule has 0 amide bonds.